The van der Waals surface area contributed by atoms with Crippen molar-refractivity contribution in [3.05, 3.63) is 59.7 Å². The monoisotopic (exact) mass is 469 g/mol. The van der Waals surface area contributed by atoms with Gasteiger partial charge in [0.2, 0.25) is 5.91 Å². The van der Waals surface area contributed by atoms with E-state index in [0.29, 0.717) is 36.5 Å². The van der Waals surface area contributed by atoms with Crippen molar-refractivity contribution in [2.24, 2.45) is 5.73 Å². The van der Waals surface area contributed by atoms with E-state index in [1.165, 1.54) is 0 Å². The summed E-state index contributed by atoms with van der Waals surface area (Å²) in [6, 6.07) is 9.19. The number of rotatable bonds is 6. The van der Waals surface area contributed by atoms with Crippen LogP contribution in [-0.4, -0.2) is 39.6 Å². The molecule has 1 fully saturated rings. The Labute approximate surface area is 195 Å². The molecule has 0 saturated carbocycles. The highest BCUT2D eigenvalue weighted by molar-refractivity contribution is 6.03. The number of amides is 2. The van der Waals surface area contributed by atoms with Gasteiger partial charge in [-0.3, -0.25) is 9.59 Å². The molecular weight excluding hydrogens is 444 g/mol. The van der Waals surface area contributed by atoms with Gasteiger partial charge in [0, 0.05) is 43.3 Å². The largest absolute Gasteiger partial charge is 0.457 e. The minimum Gasteiger partial charge on any atom is -0.457 e. The maximum atomic E-state index is 13.4. The third kappa shape index (κ3) is 4.70. The molecule has 0 aliphatic carbocycles. The van der Waals surface area contributed by atoms with Crippen LogP contribution in [0.4, 0.5) is 14.6 Å². The second kappa shape index (κ2) is 9.50. The molecule has 34 heavy (non-hydrogen) atoms. The van der Waals surface area contributed by atoms with Gasteiger partial charge in [0.25, 0.3) is 5.91 Å². The number of carbonyl (C=O) groups excluding carboxylic acids is 2. The maximum absolute atomic E-state index is 13.4. The smallest absolute Gasteiger partial charge is 0.254 e. The molecule has 1 aliphatic heterocycles. The molecule has 1 saturated heterocycles. The zero-order valence-corrected chi connectivity index (χ0v) is 18.6. The lowest BCUT2D eigenvalue weighted by molar-refractivity contribution is -0.132. The van der Waals surface area contributed by atoms with Gasteiger partial charge in [0.05, 0.1) is 6.04 Å². The van der Waals surface area contributed by atoms with Crippen LogP contribution in [0, 0.1) is 11.6 Å². The highest BCUT2D eigenvalue weighted by atomic mass is 19.1. The zero-order chi connectivity index (χ0) is 24.4. The molecule has 1 aliphatic rings. The predicted molar refractivity (Wildman–Crippen MR) is 122 cm³/mol. The minimum atomic E-state index is -0.749. The lowest BCUT2D eigenvalue weighted by Gasteiger charge is -2.33. The molecular formula is C24H25F2N5O3. The second-order valence-corrected chi connectivity index (χ2v) is 8.14. The first-order valence-corrected chi connectivity index (χ1v) is 11.0. The van der Waals surface area contributed by atoms with Crippen LogP contribution in [0.5, 0.6) is 11.5 Å². The summed E-state index contributed by atoms with van der Waals surface area (Å²) in [5.41, 5.74) is 12.9. The SMILES string of the molecule is CCC(=O)N1CCC[C@H](n2nc(-c3ccc(Oc4cc(F)cc(F)c4)cc3)c(C(N)=O)c2N)C1. The van der Waals surface area contributed by atoms with E-state index in [2.05, 4.69) is 5.10 Å². The Morgan fingerprint density at radius 3 is 2.41 bits per heavy atom. The molecule has 0 radical (unpaired) electrons. The van der Waals surface area contributed by atoms with Crippen molar-refractivity contribution in [2.45, 2.75) is 32.2 Å². The molecule has 3 aromatic rings. The third-order valence-electron chi connectivity index (χ3n) is 5.79. The highest BCUT2D eigenvalue weighted by Crippen LogP contribution is 2.33. The molecule has 0 unspecified atom stereocenters. The molecule has 10 heteroatoms. The number of nitrogens with two attached hydrogens (primary N) is 2. The fraction of sp³-hybridized carbons (Fsp3) is 0.292. The number of nitrogen functional groups attached to an aromatic ring is 1. The Morgan fingerprint density at radius 1 is 1.12 bits per heavy atom. The Balaban J connectivity index is 1.62. The summed E-state index contributed by atoms with van der Waals surface area (Å²) < 4.78 is 33.9. The van der Waals surface area contributed by atoms with Crippen LogP contribution >= 0.6 is 0 Å². The van der Waals surface area contributed by atoms with Crippen LogP contribution in [0.15, 0.2) is 42.5 Å². The first-order chi connectivity index (χ1) is 16.3. The van der Waals surface area contributed by atoms with Crippen LogP contribution in [0.25, 0.3) is 11.3 Å². The van der Waals surface area contributed by atoms with Crippen molar-refractivity contribution in [3.8, 4) is 22.8 Å². The average Bonchev–Trinajstić information content (AvgIpc) is 3.15. The molecule has 2 aromatic carbocycles. The summed E-state index contributed by atoms with van der Waals surface area (Å²) in [4.78, 5) is 26.2. The standard InChI is InChI=1S/C24H25F2N5O3/c1-2-20(32)30-9-3-4-17(13-30)31-23(27)21(24(28)33)22(29-31)14-5-7-18(8-6-14)34-19-11-15(25)10-16(26)12-19/h5-8,10-12,17H,2-4,9,13,27H2,1H3,(H2,28,33)/t17-/m0/s1. The number of aromatic nitrogens is 2. The van der Waals surface area contributed by atoms with Crippen LogP contribution in [-0.2, 0) is 4.79 Å². The summed E-state index contributed by atoms with van der Waals surface area (Å²) >= 11 is 0. The number of ether oxygens (including phenoxy) is 1. The molecule has 0 bridgehead atoms. The fourth-order valence-corrected chi connectivity index (χ4v) is 4.18. The van der Waals surface area contributed by atoms with E-state index in [1.54, 1.807) is 33.8 Å². The third-order valence-corrected chi connectivity index (χ3v) is 5.79. The Hall–Kier alpha value is -3.95. The lowest BCUT2D eigenvalue weighted by atomic mass is 10.0. The van der Waals surface area contributed by atoms with E-state index in [-0.39, 0.29) is 29.1 Å². The number of anilines is 1. The molecule has 2 amide bonds. The summed E-state index contributed by atoms with van der Waals surface area (Å²) in [6.07, 6.45) is 1.97. The number of hydrogen-bond donors (Lipinski definition) is 2. The highest BCUT2D eigenvalue weighted by Gasteiger charge is 2.29. The van der Waals surface area contributed by atoms with Gasteiger partial charge in [-0.2, -0.15) is 5.10 Å². The van der Waals surface area contributed by atoms with Gasteiger partial charge in [-0.1, -0.05) is 6.92 Å². The van der Waals surface area contributed by atoms with Crippen molar-refractivity contribution >= 4 is 17.6 Å². The molecule has 4 N–H and O–H groups in total. The number of benzene rings is 2. The van der Waals surface area contributed by atoms with E-state index in [4.69, 9.17) is 16.2 Å². The number of nitrogens with zero attached hydrogens (tertiary/aromatic N) is 3. The Bertz CT molecular complexity index is 1210. The average molecular weight is 469 g/mol. The van der Waals surface area contributed by atoms with Gasteiger partial charge in [0.15, 0.2) is 0 Å². The zero-order valence-electron chi connectivity index (χ0n) is 18.6. The molecule has 1 atom stereocenters. The van der Waals surface area contributed by atoms with Gasteiger partial charge >= 0.3 is 0 Å². The second-order valence-electron chi connectivity index (χ2n) is 8.14. The predicted octanol–water partition coefficient (Wildman–Crippen LogP) is 3.88. The summed E-state index contributed by atoms with van der Waals surface area (Å²) in [5, 5.41) is 4.59. The summed E-state index contributed by atoms with van der Waals surface area (Å²) in [6.45, 7) is 2.94. The first-order valence-electron chi connectivity index (χ1n) is 11.0. The van der Waals surface area contributed by atoms with E-state index < -0.39 is 17.5 Å². The molecule has 8 nitrogen and oxygen atoms in total. The van der Waals surface area contributed by atoms with Crippen LogP contribution < -0.4 is 16.2 Å². The van der Waals surface area contributed by atoms with E-state index in [0.717, 1.165) is 31.0 Å². The Morgan fingerprint density at radius 2 is 1.79 bits per heavy atom. The van der Waals surface area contributed by atoms with Gasteiger partial charge < -0.3 is 21.1 Å². The van der Waals surface area contributed by atoms with E-state index >= 15 is 0 Å². The fourth-order valence-electron chi connectivity index (χ4n) is 4.18. The van der Waals surface area contributed by atoms with Crippen LogP contribution in [0.2, 0.25) is 0 Å². The molecule has 1 aromatic heterocycles. The number of carbonyl (C=O) groups is 2. The van der Waals surface area contributed by atoms with Crippen molar-refractivity contribution < 1.29 is 23.1 Å². The number of likely N-dealkylation sites (tertiary alicyclic amines) is 1. The van der Waals surface area contributed by atoms with Gasteiger partial charge in [-0.05, 0) is 37.1 Å². The van der Waals surface area contributed by atoms with Crippen LogP contribution in [0.3, 0.4) is 0 Å². The van der Waals surface area contributed by atoms with Crippen molar-refractivity contribution in [1.82, 2.24) is 14.7 Å². The first kappa shape index (κ1) is 23.2. The van der Waals surface area contributed by atoms with Crippen LogP contribution in [0.1, 0.15) is 42.6 Å². The summed E-state index contributed by atoms with van der Waals surface area (Å²) in [5.74, 6) is -1.66. The van der Waals surface area contributed by atoms with E-state index in [1.807, 2.05) is 6.92 Å². The van der Waals surface area contributed by atoms with Gasteiger partial charge in [-0.15, -0.1) is 0 Å². The molecule has 0 spiro atoms. The number of piperidine rings is 1. The van der Waals surface area contributed by atoms with E-state index in [9.17, 15) is 18.4 Å². The summed E-state index contributed by atoms with van der Waals surface area (Å²) in [7, 11) is 0. The lowest BCUT2D eigenvalue weighted by Crippen LogP contribution is -2.40. The molecule has 4 rings (SSSR count). The topological polar surface area (TPSA) is 116 Å². The van der Waals surface area contributed by atoms with Crippen molar-refractivity contribution in [1.29, 1.82) is 0 Å². The number of primary amides is 1. The normalized spacial score (nSPS) is 15.9. The molecule has 178 valence electrons. The number of hydrogen-bond acceptors (Lipinski definition) is 5. The van der Waals surface area contributed by atoms with Crippen molar-refractivity contribution in [2.75, 3.05) is 18.8 Å². The van der Waals surface area contributed by atoms with Crippen molar-refractivity contribution in [3.63, 3.8) is 0 Å². The maximum Gasteiger partial charge on any atom is 0.254 e. The van der Waals surface area contributed by atoms with Gasteiger partial charge in [-0.25, -0.2) is 13.5 Å². The number of halogens is 2. The van der Waals surface area contributed by atoms with Gasteiger partial charge in [0.1, 0.15) is 40.2 Å². The molecule has 2 heterocycles. The Kier molecular flexibility index (Phi) is 6.49. The quantitative estimate of drug-likeness (QED) is 0.568. The minimum absolute atomic E-state index is 0.0140.